The van der Waals surface area contributed by atoms with E-state index in [0.717, 1.165) is 0 Å². The summed E-state index contributed by atoms with van der Waals surface area (Å²) >= 11 is 17.6. The summed E-state index contributed by atoms with van der Waals surface area (Å²) in [4.78, 5) is 27.1. The number of pyridine rings is 1. The molecule has 24 heavy (non-hydrogen) atoms. The van der Waals surface area contributed by atoms with Crippen molar-refractivity contribution < 1.29 is 14.3 Å². The summed E-state index contributed by atoms with van der Waals surface area (Å²) in [7, 11) is 0. The second-order valence-corrected chi connectivity index (χ2v) is 5.70. The summed E-state index contributed by atoms with van der Waals surface area (Å²) < 4.78 is 4.83. The Morgan fingerprint density at radius 3 is 2.71 bits per heavy atom. The van der Waals surface area contributed by atoms with Gasteiger partial charge in [0.05, 0.1) is 5.69 Å². The van der Waals surface area contributed by atoms with Crippen molar-refractivity contribution >= 4 is 58.4 Å². The molecule has 0 saturated carbocycles. The Bertz CT molecular complexity index is 794. The standard InChI is InChI=1S/C16H11Cl3N2O3/c17-11-5-3-10(12(18)8-11)4-6-15(23)24-9-14(22)21-13-2-1-7-20-16(13)19/h1-8H,9H2,(H,21,22)/b6-4+. The molecule has 1 heterocycles. The van der Waals surface area contributed by atoms with Crippen LogP contribution in [0.5, 0.6) is 0 Å². The molecule has 0 saturated heterocycles. The number of amides is 1. The largest absolute Gasteiger partial charge is 0.452 e. The van der Waals surface area contributed by atoms with Gasteiger partial charge in [-0.1, -0.05) is 40.9 Å². The lowest BCUT2D eigenvalue weighted by Crippen LogP contribution is -2.20. The molecule has 0 radical (unpaired) electrons. The monoisotopic (exact) mass is 384 g/mol. The van der Waals surface area contributed by atoms with Crippen molar-refractivity contribution in [1.29, 1.82) is 0 Å². The Hall–Kier alpha value is -2.08. The molecule has 0 fully saturated rings. The predicted molar refractivity (Wildman–Crippen MR) is 94.3 cm³/mol. The molecule has 1 amide bonds. The summed E-state index contributed by atoms with van der Waals surface area (Å²) in [6.07, 6.45) is 4.13. The Morgan fingerprint density at radius 2 is 2.00 bits per heavy atom. The van der Waals surface area contributed by atoms with Gasteiger partial charge in [0.2, 0.25) is 0 Å². The van der Waals surface area contributed by atoms with Crippen LogP contribution in [-0.2, 0) is 14.3 Å². The quantitative estimate of drug-likeness (QED) is 0.475. The van der Waals surface area contributed by atoms with Gasteiger partial charge in [-0.3, -0.25) is 4.79 Å². The fourth-order valence-electron chi connectivity index (χ4n) is 1.64. The molecule has 1 aromatic carbocycles. The zero-order valence-electron chi connectivity index (χ0n) is 12.1. The normalized spacial score (nSPS) is 10.6. The molecule has 0 atom stereocenters. The van der Waals surface area contributed by atoms with Gasteiger partial charge in [-0.25, -0.2) is 9.78 Å². The van der Waals surface area contributed by atoms with E-state index in [2.05, 4.69) is 10.3 Å². The summed E-state index contributed by atoms with van der Waals surface area (Å²) in [5.41, 5.74) is 0.938. The third kappa shape index (κ3) is 5.53. The molecule has 0 aliphatic rings. The van der Waals surface area contributed by atoms with Crippen LogP contribution in [0.3, 0.4) is 0 Å². The maximum atomic E-state index is 11.7. The first kappa shape index (κ1) is 18.3. The SMILES string of the molecule is O=C(COC(=O)/C=C/c1ccc(Cl)cc1Cl)Nc1cccnc1Cl. The van der Waals surface area contributed by atoms with E-state index in [1.54, 1.807) is 30.3 Å². The maximum Gasteiger partial charge on any atom is 0.331 e. The van der Waals surface area contributed by atoms with E-state index in [1.165, 1.54) is 18.3 Å². The molecule has 124 valence electrons. The van der Waals surface area contributed by atoms with E-state index in [-0.39, 0.29) is 5.15 Å². The van der Waals surface area contributed by atoms with Crippen LogP contribution in [0, 0.1) is 0 Å². The van der Waals surface area contributed by atoms with Crippen molar-refractivity contribution in [3.8, 4) is 0 Å². The number of nitrogens with one attached hydrogen (secondary N) is 1. The van der Waals surface area contributed by atoms with Gasteiger partial charge in [0, 0.05) is 22.3 Å². The van der Waals surface area contributed by atoms with Crippen LogP contribution in [0.1, 0.15) is 5.56 Å². The topological polar surface area (TPSA) is 68.3 Å². The van der Waals surface area contributed by atoms with Crippen molar-refractivity contribution in [2.75, 3.05) is 11.9 Å². The van der Waals surface area contributed by atoms with Crippen molar-refractivity contribution in [2.45, 2.75) is 0 Å². The molecule has 0 aliphatic heterocycles. The number of nitrogens with zero attached hydrogens (tertiary/aromatic N) is 1. The van der Waals surface area contributed by atoms with E-state index >= 15 is 0 Å². The van der Waals surface area contributed by atoms with Gasteiger partial charge in [-0.15, -0.1) is 0 Å². The highest BCUT2D eigenvalue weighted by molar-refractivity contribution is 6.35. The number of carbonyl (C=O) groups is 2. The molecule has 1 N–H and O–H groups in total. The first-order valence-corrected chi connectivity index (χ1v) is 7.79. The minimum Gasteiger partial charge on any atom is -0.452 e. The molecule has 0 aliphatic carbocycles. The summed E-state index contributed by atoms with van der Waals surface area (Å²) in [6.45, 7) is -0.456. The number of rotatable bonds is 5. The van der Waals surface area contributed by atoms with Crippen molar-refractivity contribution in [3.63, 3.8) is 0 Å². The molecule has 1 aromatic heterocycles. The zero-order chi connectivity index (χ0) is 17.5. The lowest BCUT2D eigenvalue weighted by atomic mass is 10.2. The number of anilines is 1. The lowest BCUT2D eigenvalue weighted by molar-refractivity contribution is -0.142. The Labute approximate surface area is 153 Å². The Kier molecular flexibility index (Phi) is 6.61. The van der Waals surface area contributed by atoms with E-state index in [9.17, 15) is 9.59 Å². The number of hydrogen-bond acceptors (Lipinski definition) is 4. The fraction of sp³-hybridized carbons (Fsp3) is 0.0625. The van der Waals surface area contributed by atoms with Crippen LogP contribution < -0.4 is 5.32 Å². The molecular weight excluding hydrogens is 375 g/mol. The summed E-state index contributed by atoms with van der Waals surface area (Å²) in [5.74, 6) is -1.22. The van der Waals surface area contributed by atoms with Gasteiger partial charge in [0.15, 0.2) is 11.8 Å². The highest BCUT2D eigenvalue weighted by atomic mass is 35.5. The number of carbonyl (C=O) groups excluding carboxylic acids is 2. The Morgan fingerprint density at radius 1 is 1.21 bits per heavy atom. The van der Waals surface area contributed by atoms with Gasteiger partial charge in [-0.2, -0.15) is 0 Å². The molecule has 2 rings (SSSR count). The van der Waals surface area contributed by atoms with E-state index in [4.69, 9.17) is 39.5 Å². The zero-order valence-corrected chi connectivity index (χ0v) is 14.4. The molecule has 8 heteroatoms. The van der Waals surface area contributed by atoms with Crippen molar-refractivity contribution in [1.82, 2.24) is 4.98 Å². The highest BCUT2D eigenvalue weighted by Gasteiger charge is 2.08. The molecule has 0 unspecified atom stereocenters. The van der Waals surface area contributed by atoms with E-state index in [0.29, 0.717) is 21.3 Å². The molecule has 5 nitrogen and oxygen atoms in total. The van der Waals surface area contributed by atoms with Crippen molar-refractivity contribution in [2.24, 2.45) is 0 Å². The third-order valence-corrected chi connectivity index (χ3v) is 3.60. The van der Waals surface area contributed by atoms with Crippen LogP contribution >= 0.6 is 34.8 Å². The smallest absolute Gasteiger partial charge is 0.331 e. The molecule has 0 bridgehead atoms. The van der Waals surface area contributed by atoms with Gasteiger partial charge in [-0.05, 0) is 35.9 Å². The van der Waals surface area contributed by atoms with Crippen LogP contribution in [0.4, 0.5) is 5.69 Å². The average Bonchev–Trinajstić information content (AvgIpc) is 2.54. The van der Waals surface area contributed by atoms with Crippen molar-refractivity contribution in [3.05, 3.63) is 63.4 Å². The van der Waals surface area contributed by atoms with E-state index in [1.807, 2.05) is 0 Å². The lowest BCUT2D eigenvalue weighted by Gasteiger charge is -2.06. The second-order valence-electron chi connectivity index (χ2n) is 4.50. The average molecular weight is 386 g/mol. The molecule has 0 spiro atoms. The Balaban J connectivity index is 1.85. The van der Waals surface area contributed by atoms with Crippen LogP contribution in [0.2, 0.25) is 15.2 Å². The van der Waals surface area contributed by atoms with Crippen LogP contribution in [0.15, 0.2) is 42.6 Å². The van der Waals surface area contributed by atoms with Crippen LogP contribution in [0.25, 0.3) is 6.08 Å². The fourth-order valence-corrected chi connectivity index (χ4v) is 2.28. The number of benzene rings is 1. The predicted octanol–water partition coefficient (Wildman–Crippen LogP) is 4.24. The first-order valence-electron chi connectivity index (χ1n) is 6.66. The number of hydrogen-bond donors (Lipinski definition) is 1. The highest BCUT2D eigenvalue weighted by Crippen LogP contribution is 2.22. The number of ether oxygens (including phenoxy) is 1. The van der Waals surface area contributed by atoms with Gasteiger partial charge >= 0.3 is 5.97 Å². The third-order valence-electron chi connectivity index (χ3n) is 2.74. The number of aromatic nitrogens is 1. The van der Waals surface area contributed by atoms with Crippen LogP contribution in [-0.4, -0.2) is 23.5 Å². The minimum atomic E-state index is -0.687. The number of halogens is 3. The molecule has 2 aromatic rings. The van der Waals surface area contributed by atoms with Gasteiger partial charge in [0.25, 0.3) is 5.91 Å². The second kappa shape index (κ2) is 8.68. The summed E-state index contributed by atoms with van der Waals surface area (Å²) in [6, 6.07) is 8.05. The first-order chi connectivity index (χ1) is 11.5. The maximum absolute atomic E-state index is 11.7. The molecular formula is C16H11Cl3N2O3. The number of esters is 1. The summed E-state index contributed by atoms with van der Waals surface area (Å²) in [5, 5.41) is 3.52. The van der Waals surface area contributed by atoms with Gasteiger partial charge < -0.3 is 10.1 Å². The minimum absolute atomic E-state index is 0.148. The van der Waals surface area contributed by atoms with E-state index < -0.39 is 18.5 Å². The van der Waals surface area contributed by atoms with Gasteiger partial charge in [0.1, 0.15) is 0 Å².